The fourth-order valence-electron chi connectivity index (χ4n) is 2.43. The normalized spacial score (nSPS) is 10.8. The maximum atomic E-state index is 11.7. The van der Waals surface area contributed by atoms with Gasteiger partial charge in [-0.2, -0.15) is 4.98 Å². The van der Waals surface area contributed by atoms with Gasteiger partial charge in [0.25, 0.3) is 5.88 Å². The van der Waals surface area contributed by atoms with Crippen LogP contribution in [0.4, 0.5) is 5.69 Å². The lowest BCUT2D eigenvalue weighted by Crippen LogP contribution is -2.14. The Kier molecular flexibility index (Phi) is 6.21. The Labute approximate surface area is 165 Å². The van der Waals surface area contributed by atoms with E-state index in [1.54, 1.807) is 30.3 Å². The minimum atomic E-state index is -1.03. The highest BCUT2D eigenvalue weighted by molar-refractivity contribution is 5.67. The van der Waals surface area contributed by atoms with E-state index in [1.807, 2.05) is 30.3 Å². The first kappa shape index (κ1) is 19.6. The maximum Gasteiger partial charge on any atom is 0.395 e. The van der Waals surface area contributed by atoms with Gasteiger partial charge in [-0.25, -0.2) is 0 Å². The summed E-state index contributed by atoms with van der Waals surface area (Å²) in [5, 5.41) is 20.3. The Morgan fingerprint density at radius 3 is 2.41 bits per heavy atom. The van der Waals surface area contributed by atoms with Gasteiger partial charge in [-0.3, -0.25) is 14.9 Å². The van der Waals surface area contributed by atoms with E-state index in [1.165, 1.54) is 6.08 Å². The molecule has 2 N–H and O–H groups in total. The summed E-state index contributed by atoms with van der Waals surface area (Å²) >= 11 is 0. The number of hydrogen-bond acceptors (Lipinski definition) is 7. The van der Waals surface area contributed by atoms with E-state index in [9.17, 15) is 20.0 Å². The van der Waals surface area contributed by atoms with Crippen molar-refractivity contribution in [2.45, 2.75) is 0 Å². The van der Waals surface area contributed by atoms with Crippen molar-refractivity contribution in [3.63, 3.8) is 0 Å². The number of aromatic amines is 1. The van der Waals surface area contributed by atoms with Crippen LogP contribution in [0.5, 0.6) is 17.4 Å². The van der Waals surface area contributed by atoms with Crippen molar-refractivity contribution in [1.82, 2.24) is 9.97 Å². The van der Waals surface area contributed by atoms with Crippen LogP contribution in [0.25, 0.3) is 12.2 Å². The van der Waals surface area contributed by atoms with Crippen molar-refractivity contribution < 1.29 is 19.5 Å². The quantitative estimate of drug-likeness (QED) is 0.341. The van der Waals surface area contributed by atoms with Crippen molar-refractivity contribution in [2.75, 3.05) is 13.2 Å². The first-order chi connectivity index (χ1) is 14.0. The number of benzene rings is 2. The van der Waals surface area contributed by atoms with Gasteiger partial charge in [-0.1, -0.05) is 36.4 Å². The highest BCUT2D eigenvalue weighted by atomic mass is 16.6. The summed E-state index contributed by atoms with van der Waals surface area (Å²) in [6.07, 6.45) is 3.04. The summed E-state index contributed by atoms with van der Waals surface area (Å²) in [4.78, 5) is 27.2. The van der Waals surface area contributed by atoms with E-state index in [-0.39, 0.29) is 5.82 Å². The number of nitrogens with one attached hydrogen (secondary N) is 1. The lowest BCUT2D eigenvalue weighted by Gasteiger charge is -2.08. The van der Waals surface area contributed by atoms with Gasteiger partial charge in [0.15, 0.2) is 0 Å². The summed E-state index contributed by atoms with van der Waals surface area (Å²) in [5.41, 5.74) is -1.28. The first-order valence-corrected chi connectivity index (χ1v) is 8.59. The number of nitrogens with zero attached hydrogens (tertiary/aromatic N) is 2. The topological polar surface area (TPSA) is 128 Å². The average molecular weight is 395 g/mol. The molecule has 9 heteroatoms. The Morgan fingerprint density at radius 1 is 1.03 bits per heavy atom. The van der Waals surface area contributed by atoms with E-state index in [0.29, 0.717) is 19.0 Å². The van der Waals surface area contributed by atoms with Gasteiger partial charge >= 0.3 is 11.2 Å². The maximum absolute atomic E-state index is 11.7. The molecule has 9 nitrogen and oxygen atoms in total. The number of ether oxygens (including phenoxy) is 2. The molecular weight excluding hydrogens is 378 g/mol. The zero-order valence-corrected chi connectivity index (χ0v) is 15.1. The minimum Gasteiger partial charge on any atom is -0.490 e. The van der Waals surface area contributed by atoms with E-state index < -0.39 is 22.0 Å². The molecule has 3 rings (SSSR count). The molecule has 0 bridgehead atoms. The monoisotopic (exact) mass is 395 g/mol. The minimum absolute atomic E-state index is 0.0133. The molecule has 0 atom stereocenters. The molecule has 0 saturated carbocycles. The van der Waals surface area contributed by atoms with Crippen LogP contribution < -0.4 is 15.0 Å². The number of nitro groups is 1. The predicted octanol–water partition coefficient (Wildman–Crippen LogP) is 3.01. The number of aromatic nitrogens is 2. The molecular formula is C20H17N3O6. The SMILES string of the molecule is O=c1[nH]c(/C=C/c2cccc(OCCOc3ccccc3)c2)nc(O)c1[N+](=O)[O-]. The van der Waals surface area contributed by atoms with Gasteiger partial charge in [0.05, 0.1) is 4.92 Å². The Bertz CT molecular complexity index is 1080. The molecule has 0 aliphatic carbocycles. The Balaban J connectivity index is 1.61. The second-order valence-electron chi connectivity index (χ2n) is 5.80. The fourth-order valence-corrected chi connectivity index (χ4v) is 2.43. The second-order valence-corrected chi connectivity index (χ2v) is 5.80. The highest BCUT2D eigenvalue weighted by Gasteiger charge is 2.21. The molecule has 3 aromatic rings. The summed E-state index contributed by atoms with van der Waals surface area (Å²) in [5.74, 6) is 0.437. The summed E-state index contributed by atoms with van der Waals surface area (Å²) in [7, 11) is 0. The van der Waals surface area contributed by atoms with Crippen molar-refractivity contribution >= 4 is 17.8 Å². The number of para-hydroxylation sites is 1. The first-order valence-electron chi connectivity index (χ1n) is 8.59. The van der Waals surface area contributed by atoms with Gasteiger partial charge in [-0.15, -0.1) is 0 Å². The van der Waals surface area contributed by atoms with Crippen molar-refractivity contribution in [1.29, 1.82) is 0 Å². The van der Waals surface area contributed by atoms with Crippen LogP contribution in [-0.2, 0) is 0 Å². The molecule has 0 amide bonds. The number of H-pyrrole nitrogens is 1. The van der Waals surface area contributed by atoms with Gasteiger partial charge in [0, 0.05) is 0 Å². The fraction of sp³-hybridized carbons (Fsp3) is 0.100. The van der Waals surface area contributed by atoms with E-state index in [2.05, 4.69) is 9.97 Å². The van der Waals surface area contributed by atoms with Crippen LogP contribution in [0.1, 0.15) is 11.4 Å². The lowest BCUT2D eigenvalue weighted by atomic mass is 10.2. The van der Waals surface area contributed by atoms with Crippen molar-refractivity contribution in [3.8, 4) is 17.4 Å². The molecule has 1 aromatic heterocycles. The Morgan fingerprint density at radius 2 is 1.72 bits per heavy atom. The van der Waals surface area contributed by atoms with E-state index in [0.717, 1.165) is 11.3 Å². The second kappa shape index (κ2) is 9.18. The summed E-state index contributed by atoms with van der Waals surface area (Å²) < 4.78 is 11.2. The van der Waals surface area contributed by atoms with Crippen LogP contribution in [0.3, 0.4) is 0 Å². The number of aromatic hydroxyl groups is 1. The summed E-state index contributed by atoms with van der Waals surface area (Å²) in [6, 6.07) is 16.5. The molecule has 0 spiro atoms. The number of hydrogen-bond donors (Lipinski definition) is 2. The lowest BCUT2D eigenvalue weighted by molar-refractivity contribution is -0.387. The van der Waals surface area contributed by atoms with Gasteiger partial charge in [0.1, 0.15) is 30.5 Å². The predicted molar refractivity (Wildman–Crippen MR) is 106 cm³/mol. The zero-order chi connectivity index (χ0) is 20.6. The summed E-state index contributed by atoms with van der Waals surface area (Å²) in [6.45, 7) is 0.741. The Hall–Kier alpha value is -4.14. The number of rotatable bonds is 8. The zero-order valence-electron chi connectivity index (χ0n) is 15.1. The third kappa shape index (κ3) is 5.42. The average Bonchev–Trinajstić information content (AvgIpc) is 2.70. The van der Waals surface area contributed by atoms with Crippen molar-refractivity contribution in [3.05, 3.63) is 86.5 Å². The third-order valence-electron chi connectivity index (χ3n) is 3.73. The van der Waals surface area contributed by atoms with Gasteiger partial charge < -0.3 is 19.6 Å². The smallest absolute Gasteiger partial charge is 0.395 e. The largest absolute Gasteiger partial charge is 0.490 e. The van der Waals surface area contributed by atoms with Crippen LogP contribution >= 0.6 is 0 Å². The molecule has 0 radical (unpaired) electrons. The van der Waals surface area contributed by atoms with Crippen LogP contribution in [0.2, 0.25) is 0 Å². The molecule has 0 fully saturated rings. The highest BCUT2D eigenvalue weighted by Crippen LogP contribution is 2.18. The van der Waals surface area contributed by atoms with Crippen LogP contribution in [-0.4, -0.2) is 33.2 Å². The van der Waals surface area contributed by atoms with E-state index in [4.69, 9.17) is 9.47 Å². The van der Waals surface area contributed by atoms with Gasteiger partial charge in [-0.05, 0) is 35.9 Å². The van der Waals surface area contributed by atoms with Crippen LogP contribution in [0, 0.1) is 10.1 Å². The molecule has 29 heavy (non-hydrogen) atoms. The molecule has 0 unspecified atom stereocenters. The molecule has 148 valence electrons. The molecule has 2 aromatic carbocycles. The third-order valence-corrected chi connectivity index (χ3v) is 3.73. The molecule has 0 aliphatic rings. The van der Waals surface area contributed by atoms with Gasteiger partial charge in [0.2, 0.25) is 0 Å². The standard InChI is InChI=1S/C20H17N3O6/c24-19-18(23(26)27)20(25)22-17(21-19)10-9-14-5-4-8-16(13-14)29-12-11-28-15-6-2-1-3-7-15/h1-10,13H,11-12H2,(H2,21,22,24,25)/b10-9+. The molecule has 0 saturated heterocycles. The molecule has 1 heterocycles. The van der Waals surface area contributed by atoms with E-state index >= 15 is 0 Å². The van der Waals surface area contributed by atoms with Crippen LogP contribution in [0.15, 0.2) is 59.4 Å². The molecule has 0 aliphatic heterocycles. The van der Waals surface area contributed by atoms with Crippen molar-refractivity contribution in [2.24, 2.45) is 0 Å².